The number of hydrogen-bond donors (Lipinski definition) is 0. The Bertz CT molecular complexity index is 512. The molecule has 0 saturated carbocycles. The van der Waals surface area contributed by atoms with Crippen molar-refractivity contribution in [3.05, 3.63) is 77.4 Å². The third-order valence-electron chi connectivity index (χ3n) is 2.63. The molecule has 0 spiro atoms. The third kappa shape index (κ3) is 3.15. The van der Waals surface area contributed by atoms with E-state index in [1.807, 2.05) is 42.5 Å². The van der Waals surface area contributed by atoms with Gasteiger partial charge in [-0.25, -0.2) is 0 Å². The predicted molar refractivity (Wildman–Crippen MR) is 71.0 cm³/mol. The Labute approximate surface area is 101 Å². The van der Waals surface area contributed by atoms with Crippen molar-refractivity contribution in [3.8, 4) is 0 Å². The highest BCUT2D eigenvalue weighted by molar-refractivity contribution is 5.77. The number of hydrogen-bond acceptors (Lipinski definition) is 1. The molecule has 0 N–H and O–H groups in total. The molecule has 84 valence electrons. The highest BCUT2D eigenvalue weighted by Crippen LogP contribution is 2.09. The SMILES string of the molecule is O=Cc1ccccc1CC=Cc1ccccc1. The number of allylic oxidation sites excluding steroid dienone is 1. The summed E-state index contributed by atoms with van der Waals surface area (Å²) >= 11 is 0. The van der Waals surface area contributed by atoms with Gasteiger partial charge >= 0.3 is 0 Å². The van der Waals surface area contributed by atoms with Crippen LogP contribution in [0.1, 0.15) is 21.5 Å². The van der Waals surface area contributed by atoms with Crippen molar-refractivity contribution in [3.63, 3.8) is 0 Å². The minimum atomic E-state index is 0.769. The van der Waals surface area contributed by atoms with Crippen LogP contribution in [0, 0.1) is 0 Å². The first kappa shape index (κ1) is 11.3. The molecule has 0 fully saturated rings. The lowest BCUT2D eigenvalue weighted by molar-refractivity contribution is 0.112. The highest BCUT2D eigenvalue weighted by Gasteiger charge is 1.97. The fourth-order valence-electron chi connectivity index (χ4n) is 1.72. The minimum absolute atomic E-state index is 0.769. The van der Waals surface area contributed by atoms with E-state index in [1.165, 1.54) is 5.56 Å². The van der Waals surface area contributed by atoms with Crippen molar-refractivity contribution < 1.29 is 4.79 Å². The van der Waals surface area contributed by atoms with E-state index in [1.54, 1.807) is 0 Å². The maximum atomic E-state index is 10.8. The van der Waals surface area contributed by atoms with Gasteiger partial charge in [-0.1, -0.05) is 66.7 Å². The van der Waals surface area contributed by atoms with Crippen LogP contribution in [0.4, 0.5) is 0 Å². The third-order valence-corrected chi connectivity index (χ3v) is 2.63. The van der Waals surface area contributed by atoms with Gasteiger partial charge in [0.1, 0.15) is 6.29 Å². The molecule has 2 aromatic carbocycles. The zero-order chi connectivity index (χ0) is 11.9. The fraction of sp³-hybridized carbons (Fsp3) is 0.0625. The Morgan fingerprint density at radius 1 is 0.882 bits per heavy atom. The Kier molecular flexibility index (Phi) is 3.87. The van der Waals surface area contributed by atoms with Crippen LogP contribution in [-0.2, 0) is 6.42 Å². The topological polar surface area (TPSA) is 17.1 Å². The van der Waals surface area contributed by atoms with Crippen LogP contribution in [-0.4, -0.2) is 6.29 Å². The van der Waals surface area contributed by atoms with Gasteiger partial charge in [0.25, 0.3) is 0 Å². The van der Waals surface area contributed by atoms with Crippen molar-refractivity contribution in [1.82, 2.24) is 0 Å². The number of carbonyl (C=O) groups excluding carboxylic acids is 1. The largest absolute Gasteiger partial charge is 0.298 e. The van der Waals surface area contributed by atoms with E-state index in [9.17, 15) is 4.79 Å². The maximum Gasteiger partial charge on any atom is 0.150 e. The standard InChI is InChI=1S/C16H14O/c17-13-16-11-5-4-10-15(16)12-6-9-14-7-2-1-3-8-14/h1-11,13H,12H2. The number of rotatable bonds is 4. The van der Waals surface area contributed by atoms with E-state index in [2.05, 4.69) is 24.3 Å². The van der Waals surface area contributed by atoms with Gasteiger partial charge in [-0.15, -0.1) is 0 Å². The Hall–Kier alpha value is -2.15. The first-order chi connectivity index (χ1) is 8.40. The van der Waals surface area contributed by atoms with Crippen molar-refractivity contribution in [2.75, 3.05) is 0 Å². The van der Waals surface area contributed by atoms with E-state index in [-0.39, 0.29) is 0 Å². The molecule has 0 radical (unpaired) electrons. The summed E-state index contributed by atoms with van der Waals surface area (Å²) in [5.74, 6) is 0. The summed E-state index contributed by atoms with van der Waals surface area (Å²) in [6.45, 7) is 0. The maximum absolute atomic E-state index is 10.8. The van der Waals surface area contributed by atoms with Gasteiger partial charge in [0.15, 0.2) is 0 Å². The molecular weight excluding hydrogens is 208 g/mol. The molecule has 1 heteroatoms. The molecule has 0 unspecified atom stereocenters. The van der Waals surface area contributed by atoms with Crippen LogP contribution in [0.2, 0.25) is 0 Å². The van der Waals surface area contributed by atoms with E-state index < -0.39 is 0 Å². The van der Waals surface area contributed by atoms with Crippen LogP contribution in [0.15, 0.2) is 60.7 Å². The lowest BCUT2D eigenvalue weighted by atomic mass is 10.0. The summed E-state index contributed by atoms with van der Waals surface area (Å²) < 4.78 is 0. The monoisotopic (exact) mass is 222 g/mol. The van der Waals surface area contributed by atoms with Gasteiger partial charge in [-0.2, -0.15) is 0 Å². The van der Waals surface area contributed by atoms with E-state index in [4.69, 9.17) is 0 Å². The van der Waals surface area contributed by atoms with Crippen LogP contribution in [0.3, 0.4) is 0 Å². The van der Waals surface area contributed by atoms with E-state index >= 15 is 0 Å². The van der Waals surface area contributed by atoms with Crippen LogP contribution >= 0.6 is 0 Å². The first-order valence-corrected chi connectivity index (χ1v) is 5.65. The smallest absolute Gasteiger partial charge is 0.150 e. The average Bonchev–Trinajstić information content (AvgIpc) is 2.40. The normalized spacial score (nSPS) is 10.6. The highest BCUT2D eigenvalue weighted by atomic mass is 16.1. The Morgan fingerprint density at radius 3 is 2.35 bits per heavy atom. The van der Waals surface area contributed by atoms with Gasteiger partial charge in [-0.05, 0) is 17.5 Å². The lowest BCUT2D eigenvalue weighted by Crippen LogP contribution is -1.89. The van der Waals surface area contributed by atoms with Crippen molar-refractivity contribution in [1.29, 1.82) is 0 Å². The molecular formula is C16H14O. The van der Waals surface area contributed by atoms with Gasteiger partial charge in [0, 0.05) is 5.56 Å². The van der Waals surface area contributed by atoms with Crippen molar-refractivity contribution >= 4 is 12.4 Å². The van der Waals surface area contributed by atoms with Gasteiger partial charge in [0.2, 0.25) is 0 Å². The summed E-state index contributed by atoms with van der Waals surface area (Å²) in [6.07, 6.45) is 5.84. The van der Waals surface area contributed by atoms with Crippen LogP contribution in [0.25, 0.3) is 6.08 Å². The number of aldehydes is 1. The Balaban J connectivity index is 2.07. The predicted octanol–water partition coefficient (Wildman–Crippen LogP) is 3.76. The number of carbonyl (C=O) groups is 1. The first-order valence-electron chi connectivity index (χ1n) is 5.65. The molecule has 0 atom stereocenters. The summed E-state index contributed by atoms with van der Waals surface area (Å²) in [7, 11) is 0. The van der Waals surface area contributed by atoms with Crippen molar-refractivity contribution in [2.24, 2.45) is 0 Å². The molecule has 0 aliphatic carbocycles. The zero-order valence-corrected chi connectivity index (χ0v) is 9.54. The summed E-state index contributed by atoms with van der Waals surface area (Å²) in [6, 6.07) is 17.8. The van der Waals surface area contributed by atoms with Crippen molar-refractivity contribution in [2.45, 2.75) is 6.42 Å². The molecule has 0 amide bonds. The zero-order valence-electron chi connectivity index (χ0n) is 9.54. The van der Waals surface area contributed by atoms with Gasteiger partial charge in [0.05, 0.1) is 0 Å². The molecule has 17 heavy (non-hydrogen) atoms. The number of benzene rings is 2. The molecule has 2 aromatic rings. The molecule has 0 heterocycles. The van der Waals surface area contributed by atoms with E-state index in [0.717, 1.165) is 23.8 Å². The second-order valence-corrected chi connectivity index (χ2v) is 3.83. The summed E-state index contributed by atoms with van der Waals surface area (Å²) in [4.78, 5) is 10.8. The minimum Gasteiger partial charge on any atom is -0.298 e. The molecule has 0 aliphatic rings. The van der Waals surface area contributed by atoms with Crippen LogP contribution in [0.5, 0.6) is 0 Å². The molecule has 0 bridgehead atoms. The second kappa shape index (κ2) is 5.80. The molecule has 0 aliphatic heterocycles. The van der Waals surface area contributed by atoms with Crippen LogP contribution < -0.4 is 0 Å². The average molecular weight is 222 g/mol. The quantitative estimate of drug-likeness (QED) is 0.720. The van der Waals surface area contributed by atoms with Gasteiger partial charge < -0.3 is 0 Å². The molecule has 0 saturated heterocycles. The van der Waals surface area contributed by atoms with E-state index in [0.29, 0.717) is 0 Å². The molecule has 0 aromatic heterocycles. The fourth-order valence-corrected chi connectivity index (χ4v) is 1.72. The lowest BCUT2D eigenvalue weighted by Gasteiger charge is -2.00. The second-order valence-electron chi connectivity index (χ2n) is 3.83. The van der Waals surface area contributed by atoms with Gasteiger partial charge in [-0.3, -0.25) is 4.79 Å². The summed E-state index contributed by atoms with van der Waals surface area (Å²) in [5.41, 5.74) is 3.01. The Morgan fingerprint density at radius 2 is 1.59 bits per heavy atom. The summed E-state index contributed by atoms with van der Waals surface area (Å²) in [5, 5.41) is 0. The molecule has 2 rings (SSSR count). The molecule has 1 nitrogen and oxygen atoms in total.